The molecule has 20 heavy (non-hydrogen) atoms. The molecule has 4 N–H and O–H groups in total. The summed E-state index contributed by atoms with van der Waals surface area (Å²) in [6.45, 7) is 0.673. The monoisotopic (exact) mass is 276 g/mol. The second-order valence-corrected chi connectivity index (χ2v) is 5.67. The summed E-state index contributed by atoms with van der Waals surface area (Å²) in [5.41, 5.74) is 5.36. The summed E-state index contributed by atoms with van der Waals surface area (Å²) >= 11 is 0. The van der Waals surface area contributed by atoms with E-state index in [0.717, 1.165) is 5.39 Å². The van der Waals surface area contributed by atoms with Crippen LogP contribution in [0, 0.1) is 5.92 Å². The molecule has 1 aliphatic heterocycles. The van der Waals surface area contributed by atoms with Gasteiger partial charge in [0.05, 0.1) is 24.6 Å². The number of anilines is 1. The van der Waals surface area contributed by atoms with Crippen LogP contribution in [0.5, 0.6) is 0 Å². The third kappa shape index (κ3) is 1.39. The highest BCUT2D eigenvalue weighted by atomic mass is 16.5. The Bertz CT molecular complexity index is 673. The van der Waals surface area contributed by atoms with E-state index in [1.54, 1.807) is 0 Å². The quantitative estimate of drug-likeness (QED) is 0.660. The van der Waals surface area contributed by atoms with Crippen molar-refractivity contribution in [3.63, 3.8) is 0 Å². The van der Waals surface area contributed by atoms with Crippen molar-refractivity contribution in [3.8, 4) is 0 Å². The first-order chi connectivity index (χ1) is 9.61. The van der Waals surface area contributed by atoms with Gasteiger partial charge in [-0.05, 0) is 12.5 Å². The van der Waals surface area contributed by atoms with Crippen LogP contribution < -0.4 is 5.73 Å². The Balaban J connectivity index is 1.79. The molecule has 4 unspecified atom stereocenters. The highest BCUT2D eigenvalue weighted by Crippen LogP contribution is 2.47. The van der Waals surface area contributed by atoms with Crippen molar-refractivity contribution in [2.75, 3.05) is 18.9 Å². The number of hydrogen-bond acceptors (Lipinski definition) is 6. The molecule has 1 aliphatic carbocycles. The van der Waals surface area contributed by atoms with Crippen molar-refractivity contribution in [1.29, 1.82) is 0 Å². The van der Waals surface area contributed by atoms with Crippen LogP contribution in [0.25, 0.3) is 11.0 Å². The second-order valence-electron chi connectivity index (χ2n) is 5.67. The maximum absolute atomic E-state index is 10.5. The molecule has 3 heterocycles. The number of hydrogen-bond donors (Lipinski definition) is 3. The van der Waals surface area contributed by atoms with E-state index in [-0.39, 0.29) is 18.6 Å². The first-order valence-electron chi connectivity index (χ1n) is 6.66. The van der Waals surface area contributed by atoms with Gasteiger partial charge in [-0.15, -0.1) is 0 Å². The van der Waals surface area contributed by atoms with Gasteiger partial charge in [0.1, 0.15) is 29.5 Å². The van der Waals surface area contributed by atoms with Crippen LogP contribution >= 0.6 is 0 Å². The van der Waals surface area contributed by atoms with E-state index < -0.39 is 11.7 Å². The van der Waals surface area contributed by atoms with E-state index in [0.29, 0.717) is 24.5 Å². The van der Waals surface area contributed by atoms with Gasteiger partial charge in [0.15, 0.2) is 0 Å². The lowest BCUT2D eigenvalue weighted by Crippen LogP contribution is -2.45. The van der Waals surface area contributed by atoms with Crippen LogP contribution in [0.2, 0.25) is 0 Å². The third-order valence-electron chi connectivity index (χ3n) is 4.66. The van der Waals surface area contributed by atoms with Crippen molar-refractivity contribution in [2.24, 2.45) is 5.92 Å². The fourth-order valence-electron chi connectivity index (χ4n) is 3.50. The molecule has 106 valence electrons. The van der Waals surface area contributed by atoms with E-state index in [9.17, 15) is 10.2 Å². The van der Waals surface area contributed by atoms with E-state index >= 15 is 0 Å². The number of rotatable bonds is 1. The molecule has 1 saturated heterocycles. The normalized spacial score (nSPS) is 36.6. The van der Waals surface area contributed by atoms with Crippen molar-refractivity contribution < 1.29 is 14.9 Å². The van der Waals surface area contributed by atoms with E-state index in [2.05, 4.69) is 9.97 Å². The minimum absolute atomic E-state index is 0.0425. The van der Waals surface area contributed by atoms with Crippen molar-refractivity contribution in [2.45, 2.75) is 24.2 Å². The van der Waals surface area contributed by atoms with Crippen LogP contribution in [0.1, 0.15) is 12.5 Å². The van der Waals surface area contributed by atoms with Crippen molar-refractivity contribution >= 4 is 16.9 Å². The smallest absolute Gasteiger partial charge is 0.145 e. The molecule has 0 radical (unpaired) electrons. The molecule has 0 bridgehead atoms. The van der Waals surface area contributed by atoms with Crippen LogP contribution in [0.4, 0.5) is 5.82 Å². The van der Waals surface area contributed by atoms with E-state index in [4.69, 9.17) is 10.5 Å². The summed E-state index contributed by atoms with van der Waals surface area (Å²) < 4.78 is 7.18. The third-order valence-corrected chi connectivity index (χ3v) is 4.66. The van der Waals surface area contributed by atoms with Gasteiger partial charge in [-0.3, -0.25) is 0 Å². The molecular formula is C13H16N4O3. The van der Waals surface area contributed by atoms with Gasteiger partial charge >= 0.3 is 0 Å². The lowest BCUT2D eigenvalue weighted by Gasteiger charge is -2.27. The van der Waals surface area contributed by atoms with Crippen molar-refractivity contribution in [1.82, 2.24) is 14.5 Å². The fraction of sp³-hybridized carbons (Fsp3) is 0.538. The average Bonchev–Trinajstić information content (AvgIpc) is 3.06. The fourth-order valence-corrected chi connectivity index (χ4v) is 3.50. The van der Waals surface area contributed by atoms with Gasteiger partial charge in [-0.1, -0.05) is 0 Å². The number of ether oxygens (including phenoxy) is 1. The van der Waals surface area contributed by atoms with Gasteiger partial charge in [0.25, 0.3) is 0 Å². The molecule has 4 rings (SSSR count). The highest BCUT2D eigenvalue weighted by Gasteiger charge is 2.57. The SMILES string of the molecule is Nc1ncnc2c1ccn2C1CC2COCC2(O)C1O. The van der Waals surface area contributed by atoms with Gasteiger partial charge in [0, 0.05) is 12.1 Å². The van der Waals surface area contributed by atoms with Gasteiger partial charge < -0.3 is 25.3 Å². The molecule has 7 heteroatoms. The summed E-state index contributed by atoms with van der Waals surface area (Å²) in [5.74, 6) is 0.377. The molecule has 7 nitrogen and oxygen atoms in total. The van der Waals surface area contributed by atoms with Gasteiger partial charge in [0.2, 0.25) is 0 Å². The Labute approximate surface area is 115 Å². The minimum Gasteiger partial charge on any atom is -0.388 e. The Morgan fingerprint density at radius 1 is 1.45 bits per heavy atom. The van der Waals surface area contributed by atoms with Crippen LogP contribution in [0.3, 0.4) is 0 Å². The Hall–Kier alpha value is -1.70. The highest BCUT2D eigenvalue weighted by molar-refractivity contribution is 5.86. The zero-order valence-electron chi connectivity index (χ0n) is 10.8. The first kappa shape index (κ1) is 12.1. The molecule has 2 aliphatic rings. The number of nitrogen functional groups attached to an aromatic ring is 1. The number of aliphatic hydroxyl groups excluding tert-OH is 1. The van der Waals surface area contributed by atoms with Crippen molar-refractivity contribution in [3.05, 3.63) is 18.6 Å². The zero-order chi connectivity index (χ0) is 13.9. The molecule has 0 aromatic carbocycles. The molecule has 2 fully saturated rings. The lowest BCUT2D eigenvalue weighted by atomic mass is 9.93. The average molecular weight is 276 g/mol. The van der Waals surface area contributed by atoms with Crippen LogP contribution in [0.15, 0.2) is 18.6 Å². The summed E-state index contributed by atoms with van der Waals surface area (Å²) in [6.07, 6.45) is 3.04. The van der Waals surface area contributed by atoms with E-state index in [1.165, 1.54) is 6.33 Å². The summed E-state index contributed by atoms with van der Waals surface area (Å²) in [4.78, 5) is 8.20. The number of fused-ring (bicyclic) bond motifs is 2. The number of aromatic nitrogens is 3. The molecule has 0 amide bonds. The largest absolute Gasteiger partial charge is 0.388 e. The standard InChI is InChI=1S/C13H16N4O3/c14-11-8-1-2-17(12(8)16-6-15-11)9-3-7-4-20-5-13(7,19)10(9)18/h1-2,6-7,9-10,18-19H,3-5H2,(H2,14,15,16). The number of nitrogens with zero attached hydrogens (tertiary/aromatic N) is 3. The first-order valence-corrected chi connectivity index (χ1v) is 6.66. The summed E-state index contributed by atoms with van der Waals surface area (Å²) in [6, 6.07) is 1.62. The Kier molecular flexibility index (Phi) is 2.36. The second kappa shape index (κ2) is 3.91. The molecule has 1 saturated carbocycles. The summed E-state index contributed by atoms with van der Waals surface area (Å²) in [5, 5.41) is 21.8. The van der Waals surface area contributed by atoms with Crippen LogP contribution in [-0.4, -0.2) is 49.7 Å². The molecular weight excluding hydrogens is 260 g/mol. The zero-order valence-corrected chi connectivity index (χ0v) is 10.8. The van der Waals surface area contributed by atoms with E-state index in [1.807, 2.05) is 16.8 Å². The number of nitrogens with two attached hydrogens (primary N) is 1. The maximum atomic E-state index is 10.5. The topological polar surface area (TPSA) is 106 Å². The maximum Gasteiger partial charge on any atom is 0.145 e. The molecule has 2 aromatic heterocycles. The van der Waals surface area contributed by atoms with Gasteiger partial charge in [-0.2, -0.15) is 0 Å². The summed E-state index contributed by atoms with van der Waals surface area (Å²) in [7, 11) is 0. The number of aliphatic hydroxyl groups is 2. The predicted octanol–water partition coefficient (Wildman–Crippen LogP) is -0.303. The lowest BCUT2D eigenvalue weighted by molar-refractivity contribution is -0.0812. The molecule has 0 spiro atoms. The molecule has 2 aromatic rings. The van der Waals surface area contributed by atoms with Crippen LogP contribution in [-0.2, 0) is 4.74 Å². The predicted molar refractivity (Wildman–Crippen MR) is 70.9 cm³/mol. The Morgan fingerprint density at radius 2 is 2.30 bits per heavy atom. The minimum atomic E-state index is -1.15. The van der Waals surface area contributed by atoms with Gasteiger partial charge in [-0.25, -0.2) is 9.97 Å². The Morgan fingerprint density at radius 3 is 3.10 bits per heavy atom. The molecule has 4 atom stereocenters.